The molecular weight excluding hydrogens is 326 g/mol. The van der Waals surface area contributed by atoms with Gasteiger partial charge < -0.3 is 10.6 Å². The number of hydrogen-bond donors (Lipinski definition) is 2. The fraction of sp³-hybridized carbons (Fsp3) is 0.263. The lowest BCUT2D eigenvalue weighted by atomic mass is 10.1. The summed E-state index contributed by atoms with van der Waals surface area (Å²) >= 11 is 0. The molecule has 0 aromatic heterocycles. The smallest absolute Gasteiger partial charge is 0.228 e. The fourth-order valence-corrected chi connectivity index (χ4v) is 2.71. The Bertz CT molecular complexity index is 760. The molecule has 0 spiro atoms. The average Bonchev–Trinajstić information content (AvgIpc) is 3.40. The van der Waals surface area contributed by atoms with Gasteiger partial charge in [-0.25, -0.2) is 8.78 Å². The quantitative estimate of drug-likeness (QED) is 0.847. The highest BCUT2D eigenvalue weighted by atomic mass is 19.1. The van der Waals surface area contributed by atoms with Crippen LogP contribution in [-0.4, -0.2) is 18.4 Å². The highest BCUT2D eigenvalue weighted by Crippen LogP contribution is 2.39. The maximum Gasteiger partial charge on any atom is 0.228 e. The number of carbonyl (C=O) groups is 2. The number of rotatable bonds is 6. The number of carbonyl (C=O) groups excluding carboxylic acids is 2. The molecule has 4 nitrogen and oxygen atoms in total. The minimum absolute atomic E-state index is 0.204. The van der Waals surface area contributed by atoms with Crippen molar-refractivity contribution >= 4 is 17.5 Å². The molecule has 130 valence electrons. The van der Waals surface area contributed by atoms with E-state index >= 15 is 0 Å². The van der Waals surface area contributed by atoms with E-state index in [9.17, 15) is 18.4 Å². The van der Waals surface area contributed by atoms with Crippen LogP contribution in [-0.2, 0) is 16.0 Å². The van der Waals surface area contributed by atoms with E-state index in [0.717, 1.165) is 17.7 Å². The predicted octanol–water partition coefficient (Wildman–Crippen LogP) is 2.90. The van der Waals surface area contributed by atoms with Gasteiger partial charge >= 0.3 is 0 Å². The van der Waals surface area contributed by atoms with Gasteiger partial charge in [-0.05, 0) is 30.5 Å². The Hall–Kier alpha value is -2.76. The first-order chi connectivity index (χ1) is 12.1. The van der Waals surface area contributed by atoms with Crippen LogP contribution in [0.5, 0.6) is 0 Å². The Morgan fingerprint density at radius 2 is 1.56 bits per heavy atom. The summed E-state index contributed by atoms with van der Waals surface area (Å²) in [6, 6.07) is 13.1. The van der Waals surface area contributed by atoms with E-state index in [1.54, 1.807) is 0 Å². The molecule has 0 heterocycles. The van der Waals surface area contributed by atoms with Crippen molar-refractivity contribution in [3.63, 3.8) is 0 Å². The molecule has 1 fully saturated rings. The van der Waals surface area contributed by atoms with E-state index in [0.29, 0.717) is 19.4 Å². The number of amides is 2. The van der Waals surface area contributed by atoms with E-state index in [1.165, 1.54) is 6.07 Å². The third-order valence-corrected chi connectivity index (χ3v) is 4.23. The summed E-state index contributed by atoms with van der Waals surface area (Å²) < 4.78 is 27.1. The summed E-state index contributed by atoms with van der Waals surface area (Å²) in [4.78, 5) is 24.1. The molecule has 0 bridgehead atoms. The number of para-hydroxylation sites is 1. The van der Waals surface area contributed by atoms with Crippen LogP contribution >= 0.6 is 0 Å². The zero-order valence-corrected chi connectivity index (χ0v) is 13.5. The second kappa shape index (κ2) is 7.42. The number of benzene rings is 2. The van der Waals surface area contributed by atoms with Crippen LogP contribution in [0, 0.1) is 23.5 Å². The van der Waals surface area contributed by atoms with Gasteiger partial charge in [-0.3, -0.25) is 9.59 Å². The van der Waals surface area contributed by atoms with E-state index in [-0.39, 0.29) is 5.91 Å². The second-order valence-corrected chi connectivity index (χ2v) is 6.06. The number of anilines is 1. The van der Waals surface area contributed by atoms with Gasteiger partial charge in [0.15, 0.2) is 0 Å². The number of halogens is 2. The highest BCUT2D eigenvalue weighted by Gasteiger charge is 2.48. The summed E-state index contributed by atoms with van der Waals surface area (Å²) in [5.41, 5.74) is 0.644. The summed E-state index contributed by atoms with van der Waals surface area (Å²) in [7, 11) is 0. The molecule has 25 heavy (non-hydrogen) atoms. The summed E-state index contributed by atoms with van der Waals surface area (Å²) in [6.45, 7) is 0.482. The molecule has 0 aliphatic heterocycles. The van der Waals surface area contributed by atoms with Gasteiger partial charge in [0.25, 0.3) is 0 Å². The Morgan fingerprint density at radius 1 is 0.920 bits per heavy atom. The van der Waals surface area contributed by atoms with Gasteiger partial charge in [-0.2, -0.15) is 0 Å². The molecule has 2 amide bonds. The first kappa shape index (κ1) is 17.1. The zero-order chi connectivity index (χ0) is 17.8. The highest BCUT2D eigenvalue weighted by molar-refractivity contribution is 5.99. The molecule has 3 rings (SSSR count). The summed E-state index contributed by atoms with van der Waals surface area (Å²) in [6.07, 6.45) is 1.09. The zero-order valence-electron chi connectivity index (χ0n) is 13.5. The van der Waals surface area contributed by atoms with Crippen molar-refractivity contribution in [2.75, 3.05) is 11.9 Å². The van der Waals surface area contributed by atoms with Gasteiger partial charge in [0, 0.05) is 6.54 Å². The summed E-state index contributed by atoms with van der Waals surface area (Å²) in [5, 5.41) is 5.04. The topological polar surface area (TPSA) is 58.2 Å². The van der Waals surface area contributed by atoms with Gasteiger partial charge in [0.05, 0.1) is 11.8 Å². The minimum atomic E-state index is -0.835. The van der Waals surface area contributed by atoms with Crippen LogP contribution < -0.4 is 10.6 Å². The van der Waals surface area contributed by atoms with Gasteiger partial charge in [-0.1, -0.05) is 36.4 Å². The van der Waals surface area contributed by atoms with E-state index in [1.807, 2.05) is 30.3 Å². The van der Waals surface area contributed by atoms with Crippen LogP contribution in [0.15, 0.2) is 48.5 Å². The van der Waals surface area contributed by atoms with Gasteiger partial charge in [0.1, 0.15) is 17.3 Å². The Labute approximate surface area is 144 Å². The predicted molar refractivity (Wildman–Crippen MR) is 89.7 cm³/mol. The van der Waals surface area contributed by atoms with Gasteiger partial charge in [-0.15, -0.1) is 0 Å². The van der Waals surface area contributed by atoms with Gasteiger partial charge in [0.2, 0.25) is 11.8 Å². The molecule has 1 saturated carbocycles. The lowest BCUT2D eigenvalue weighted by Crippen LogP contribution is -2.29. The number of nitrogens with one attached hydrogen (secondary N) is 2. The molecule has 0 saturated heterocycles. The van der Waals surface area contributed by atoms with Crippen LogP contribution in [0.4, 0.5) is 14.5 Å². The maximum atomic E-state index is 13.5. The van der Waals surface area contributed by atoms with Crippen molar-refractivity contribution in [1.29, 1.82) is 0 Å². The molecular formula is C19H18F2N2O2. The standard InChI is InChI=1S/C19H18F2N2O2/c20-15-7-4-8-16(21)17(15)23-19(25)14-11-13(14)18(24)22-10-9-12-5-2-1-3-6-12/h1-8,13-14H,9-11H2,(H,22,24)(H,23,25). The van der Waals surface area contributed by atoms with Crippen molar-refractivity contribution < 1.29 is 18.4 Å². The Morgan fingerprint density at radius 3 is 2.24 bits per heavy atom. The molecule has 2 aromatic carbocycles. The molecule has 0 radical (unpaired) electrons. The first-order valence-corrected chi connectivity index (χ1v) is 8.13. The van der Waals surface area contributed by atoms with Crippen LogP contribution in [0.1, 0.15) is 12.0 Å². The molecule has 2 N–H and O–H groups in total. The molecule has 1 aliphatic carbocycles. The number of hydrogen-bond acceptors (Lipinski definition) is 2. The van der Waals surface area contributed by atoms with E-state index in [4.69, 9.17) is 0 Å². The fourth-order valence-electron chi connectivity index (χ4n) is 2.71. The molecule has 1 aliphatic rings. The van der Waals surface area contributed by atoms with Crippen molar-refractivity contribution in [2.45, 2.75) is 12.8 Å². The third kappa shape index (κ3) is 4.21. The largest absolute Gasteiger partial charge is 0.356 e. The van der Waals surface area contributed by atoms with Crippen molar-refractivity contribution in [1.82, 2.24) is 5.32 Å². The first-order valence-electron chi connectivity index (χ1n) is 8.13. The molecule has 6 heteroatoms. The molecule has 2 unspecified atom stereocenters. The summed E-state index contributed by atoms with van der Waals surface area (Å²) in [5.74, 6) is -3.39. The average molecular weight is 344 g/mol. The third-order valence-electron chi connectivity index (χ3n) is 4.23. The van der Waals surface area contributed by atoms with Crippen molar-refractivity contribution in [2.24, 2.45) is 11.8 Å². The molecule has 2 atom stereocenters. The van der Waals surface area contributed by atoms with E-state index < -0.39 is 35.1 Å². The van der Waals surface area contributed by atoms with Crippen LogP contribution in [0.3, 0.4) is 0 Å². The molecule has 2 aromatic rings. The minimum Gasteiger partial charge on any atom is -0.356 e. The lowest BCUT2D eigenvalue weighted by molar-refractivity contribution is -0.125. The normalized spacial score (nSPS) is 18.5. The monoisotopic (exact) mass is 344 g/mol. The van der Waals surface area contributed by atoms with E-state index in [2.05, 4.69) is 10.6 Å². The Kier molecular flexibility index (Phi) is 5.07. The Balaban J connectivity index is 1.47. The maximum absolute atomic E-state index is 13.5. The SMILES string of the molecule is O=C(NCCc1ccccc1)C1CC1C(=O)Nc1c(F)cccc1F. The lowest BCUT2D eigenvalue weighted by Gasteiger charge is -2.08. The second-order valence-electron chi connectivity index (χ2n) is 6.06. The van der Waals surface area contributed by atoms with Crippen LogP contribution in [0.2, 0.25) is 0 Å². The van der Waals surface area contributed by atoms with Crippen molar-refractivity contribution in [3.05, 3.63) is 65.7 Å². The van der Waals surface area contributed by atoms with Crippen molar-refractivity contribution in [3.8, 4) is 0 Å². The van der Waals surface area contributed by atoms with Crippen LogP contribution in [0.25, 0.3) is 0 Å².